The molecule has 0 aromatic heterocycles. The van der Waals surface area contributed by atoms with Gasteiger partial charge < -0.3 is 10.4 Å². The van der Waals surface area contributed by atoms with Crippen molar-refractivity contribution in [1.29, 1.82) is 0 Å². The minimum absolute atomic E-state index is 0.154. The third-order valence-electron chi connectivity index (χ3n) is 4.07. The fourth-order valence-electron chi connectivity index (χ4n) is 3.10. The number of aliphatic hydroxyl groups excluding tert-OH is 1. The number of hydrogen-bond acceptors (Lipinski definition) is 3. The standard InChI is InChI=1S/C14H20N2O/c17-14-8-15-13-6-7-16(10-12(13)14)9-11-4-2-1-3-5-11/h1-5,12-15,17H,6-10H2. The average molecular weight is 232 g/mol. The van der Waals surface area contributed by atoms with Crippen molar-refractivity contribution in [2.45, 2.75) is 25.1 Å². The summed E-state index contributed by atoms with van der Waals surface area (Å²) in [5.74, 6) is 0.424. The number of rotatable bonds is 2. The normalized spacial score (nSPS) is 33.6. The second kappa shape index (κ2) is 4.77. The van der Waals surface area contributed by atoms with Crippen molar-refractivity contribution in [3.8, 4) is 0 Å². The van der Waals surface area contributed by atoms with Crippen molar-refractivity contribution in [3.05, 3.63) is 35.9 Å². The average Bonchev–Trinajstić information content (AvgIpc) is 2.73. The van der Waals surface area contributed by atoms with Crippen LogP contribution in [0.1, 0.15) is 12.0 Å². The molecule has 2 fully saturated rings. The van der Waals surface area contributed by atoms with Crippen molar-refractivity contribution in [1.82, 2.24) is 10.2 Å². The summed E-state index contributed by atoms with van der Waals surface area (Å²) in [6.45, 7) is 3.94. The van der Waals surface area contributed by atoms with Gasteiger partial charge in [0.1, 0.15) is 0 Å². The van der Waals surface area contributed by atoms with E-state index in [1.165, 1.54) is 5.56 Å². The summed E-state index contributed by atoms with van der Waals surface area (Å²) >= 11 is 0. The van der Waals surface area contributed by atoms with E-state index in [4.69, 9.17) is 0 Å². The quantitative estimate of drug-likeness (QED) is 0.793. The minimum atomic E-state index is -0.154. The molecule has 2 N–H and O–H groups in total. The monoisotopic (exact) mass is 232 g/mol. The van der Waals surface area contributed by atoms with Crippen molar-refractivity contribution in [2.75, 3.05) is 19.6 Å². The van der Waals surface area contributed by atoms with E-state index in [0.29, 0.717) is 12.0 Å². The van der Waals surface area contributed by atoms with Gasteiger partial charge in [0.05, 0.1) is 6.10 Å². The second-order valence-electron chi connectivity index (χ2n) is 5.26. The molecule has 2 heterocycles. The first-order chi connectivity index (χ1) is 8.33. The van der Waals surface area contributed by atoms with Gasteiger partial charge in [-0.1, -0.05) is 30.3 Å². The number of nitrogens with one attached hydrogen (secondary N) is 1. The van der Waals surface area contributed by atoms with Crippen LogP contribution in [0, 0.1) is 5.92 Å². The largest absolute Gasteiger partial charge is 0.391 e. The highest BCUT2D eigenvalue weighted by Crippen LogP contribution is 2.25. The number of nitrogens with zero attached hydrogens (tertiary/aromatic N) is 1. The Morgan fingerprint density at radius 3 is 2.94 bits per heavy atom. The summed E-state index contributed by atoms with van der Waals surface area (Å²) in [6, 6.07) is 11.1. The highest BCUT2D eigenvalue weighted by Gasteiger charge is 2.38. The van der Waals surface area contributed by atoms with Crippen molar-refractivity contribution < 1.29 is 5.11 Å². The second-order valence-corrected chi connectivity index (χ2v) is 5.26. The summed E-state index contributed by atoms with van der Waals surface area (Å²) < 4.78 is 0. The van der Waals surface area contributed by atoms with Crippen LogP contribution in [0.3, 0.4) is 0 Å². The van der Waals surface area contributed by atoms with E-state index in [2.05, 4.69) is 40.5 Å². The Kier molecular flexibility index (Phi) is 3.14. The van der Waals surface area contributed by atoms with Gasteiger partial charge in [-0.3, -0.25) is 4.90 Å². The molecule has 0 spiro atoms. The number of aliphatic hydroxyl groups is 1. The zero-order chi connectivity index (χ0) is 11.7. The highest BCUT2D eigenvalue weighted by molar-refractivity contribution is 5.14. The maximum Gasteiger partial charge on any atom is 0.0719 e. The molecule has 92 valence electrons. The summed E-state index contributed by atoms with van der Waals surface area (Å²) in [6.07, 6.45) is 1.01. The van der Waals surface area contributed by atoms with Crippen LogP contribution in [-0.2, 0) is 6.54 Å². The first kappa shape index (κ1) is 11.2. The van der Waals surface area contributed by atoms with Crippen molar-refractivity contribution in [2.24, 2.45) is 5.92 Å². The van der Waals surface area contributed by atoms with Gasteiger partial charge in [-0.2, -0.15) is 0 Å². The molecule has 0 saturated carbocycles. The molecule has 3 rings (SSSR count). The van der Waals surface area contributed by atoms with Crippen molar-refractivity contribution >= 4 is 0 Å². The molecule has 1 aromatic carbocycles. The fourth-order valence-corrected chi connectivity index (χ4v) is 3.10. The third-order valence-corrected chi connectivity index (χ3v) is 4.07. The summed E-state index contributed by atoms with van der Waals surface area (Å²) in [7, 11) is 0. The zero-order valence-electron chi connectivity index (χ0n) is 10.0. The van der Waals surface area contributed by atoms with Gasteiger partial charge in [0, 0.05) is 31.6 Å². The Morgan fingerprint density at radius 1 is 1.29 bits per heavy atom. The Balaban J connectivity index is 1.62. The fraction of sp³-hybridized carbons (Fsp3) is 0.571. The smallest absolute Gasteiger partial charge is 0.0719 e. The Labute approximate surface area is 102 Å². The summed E-state index contributed by atoms with van der Waals surface area (Å²) in [5, 5.41) is 13.3. The molecule has 2 aliphatic heterocycles. The molecule has 0 aliphatic carbocycles. The van der Waals surface area contributed by atoms with Gasteiger partial charge in [0.2, 0.25) is 0 Å². The number of hydrogen-bond donors (Lipinski definition) is 2. The van der Waals surface area contributed by atoms with E-state index in [-0.39, 0.29) is 6.10 Å². The van der Waals surface area contributed by atoms with E-state index < -0.39 is 0 Å². The van der Waals surface area contributed by atoms with Crippen LogP contribution in [0.4, 0.5) is 0 Å². The van der Waals surface area contributed by atoms with Crippen LogP contribution < -0.4 is 5.32 Å². The van der Waals surface area contributed by atoms with Gasteiger partial charge in [-0.25, -0.2) is 0 Å². The molecule has 17 heavy (non-hydrogen) atoms. The lowest BCUT2D eigenvalue weighted by molar-refractivity contribution is 0.0740. The van der Waals surface area contributed by atoms with Gasteiger partial charge in [0.15, 0.2) is 0 Å². The van der Waals surface area contributed by atoms with E-state index in [0.717, 1.165) is 32.6 Å². The molecule has 2 saturated heterocycles. The van der Waals surface area contributed by atoms with E-state index in [1.54, 1.807) is 0 Å². The third kappa shape index (κ3) is 2.37. The number of piperidine rings is 1. The molecule has 3 nitrogen and oxygen atoms in total. The Hall–Kier alpha value is -0.900. The Morgan fingerprint density at radius 2 is 2.12 bits per heavy atom. The number of fused-ring (bicyclic) bond motifs is 1. The molecule has 1 aromatic rings. The SMILES string of the molecule is OC1CNC2CCN(Cc3ccccc3)CC12. The first-order valence-corrected chi connectivity index (χ1v) is 6.50. The van der Waals surface area contributed by atoms with Gasteiger partial charge in [0.25, 0.3) is 0 Å². The number of β-amino-alcohol motifs (C(OH)–C–C–N with tert-alkyl or cyclic N) is 1. The number of likely N-dealkylation sites (tertiary alicyclic amines) is 1. The molecule has 3 atom stereocenters. The van der Waals surface area contributed by atoms with Crippen LogP contribution in [0.15, 0.2) is 30.3 Å². The molecule has 3 heteroatoms. The topological polar surface area (TPSA) is 35.5 Å². The molecule has 2 aliphatic rings. The lowest BCUT2D eigenvalue weighted by Gasteiger charge is -2.35. The minimum Gasteiger partial charge on any atom is -0.391 e. The van der Waals surface area contributed by atoms with Gasteiger partial charge in [-0.05, 0) is 18.5 Å². The molecule has 0 bridgehead atoms. The lowest BCUT2D eigenvalue weighted by Crippen LogP contribution is -2.45. The van der Waals surface area contributed by atoms with E-state index in [1.807, 2.05) is 0 Å². The van der Waals surface area contributed by atoms with E-state index >= 15 is 0 Å². The van der Waals surface area contributed by atoms with Gasteiger partial charge >= 0.3 is 0 Å². The maximum atomic E-state index is 9.92. The van der Waals surface area contributed by atoms with Crippen LogP contribution in [0.25, 0.3) is 0 Å². The molecule has 3 unspecified atom stereocenters. The van der Waals surface area contributed by atoms with Crippen LogP contribution in [0.5, 0.6) is 0 Å². The van der Waals surface area contributed by atoms with Gasteiger partial charge in [-0.15, -0.1) is 0 Å². The molecule has 0 amide bonds. The maximum absolute atomic E-state index is 9.92. The lowest BCUT2D eigenvalue weighted by atomic mass is 9.91. The molecular weight excluding hydrogens is 212 g/mol. The summed E-state index contributed by atoms with van der Waals surface area (Å²) in [4.78, 5) is 2.46. The zero-order valence-corrected chi connectivity index (χ0v) is 10.0. The van der Waals surface area contributed by atoms with Crippen LogP contribution >= 0.6 is 0 Å². The molecule has 0 radical (unpaired) electrons. The van der Waals surface area contributed by atoms with Crippen LogP contribution in [-0.4, -0.2) is 41.8 Å². The Bertz CT molecular complexity index is 368. The predicted molar refractivity (Wildman–Crippen MR) is 67.6 cm³/mol. The van der Waals surface area contributed by atoms with E-state index in [9.17, 15) is 5.11 Å². The highest BCUT2D eigenvalue weighted by atomic mass is 16.3. The van der Waals surface area contributed by atoms with Crippen molar-refractivity contribution in [3.63, 3.8) is 0 Å². The molecular formula is C14H20N2O. The predicted octanol–water partition coefficient (Wildman–Crippen LogP) is 0.841. The summed E-state index contributed by atoms with van der Waals surface area (Å²) in [5.41, 5.74) is 1.37. The number of benzene rings is 1. The first-order valence-electron chi connectivity index (χ1n) is 6.50. The van der Waals surface area contributed by atoms with Crippen LogP contribution in [0.2, 0.25) is 0 Å².